The minimum Gasteiger partial charge on any atom is -0.313 e. The third-order valence-electron chi connectivity index (χ3n) is 2.10. The molecule has 1 heterocycles. The van der Waals surface area contributed by atoms with Crippen molar-refractivity contribution in [1.29, 1.82) is 0 Å². The summed E-state index contributed by atoms with van der Waals surface area (Å²) in [4.78, 5) is 0. The van der Waals surface area contributed by atoms with E-state index < -0.39 is 0 Å². The summed E-state index contributed by atoms with van der Waals surface area (Å²) in [5, 5.41) is 7.66. The Labute approximate surface area is 85.5 Å². The van der Waals surface area contributed by atoms with Gasteiger partial charge < -0.3 is 5.32 Å². The molecule has 0 aliphatic rings. The van der Waals surface area contributed by atoms with Gasteiger partial charge in [0.2, 0.25) is 0 Å². The van der Waals surface area contributed by atoms with Crippen LogP contribution < -0.4 is 5.32 Å². The van der Waals surface area contributed by atoms with Gasteiger partial charge in [0.05, 0.1) is 12.2 Å². The summed E-state index contributed by atoms with van der Waals surface area (Å²) >= 11 is 0. The Kier molecular flexibility index (Phi) is 4.21. The van der Waals surface area contributed by atoms with Crippen LogP contribution in [0.3, 0.4) is 0 Å². The summed E-state index contributed by atoms with van der Waals surface area (Å²) in [6.07, 6.45) is 8.00. The van der Waals surface area contributed by atoms with E-state index in [1.54, 1.807) is 0 Å². The van der Waals surface area contributed by atoms with Crippen LogP contribution in [-0.2, 0) is 13.1 Å². The highest BCUT2D eigenvalue weighted by atomic mass is 15.3. The highest BCUT2D eigenvalue weighted by molar-refractivity contribution is 5.15. The third-order valence-corrected chi connectivity index (χ3v) is 2.10. The Morgan fingerprint density at radius 2 is 2.43 bits per heavy atom. The molecule has 3 heteroatoms. The van der Waals surface area contributed by atoms with Gasteiger partial charge in [0, 0.05) is 24.7 Å². The molecule has 0 fully saturated rings. The van der Waals surface area contributed by atoms with Gasteiger partial charge in [0.25, 0.3) is 0 Å². The molecule has 0 radical (unpaired) electrons. The molecule has 0 amide bonds. The molecule has 3 nitrogen and oxygen atoms in total. The van der Waals surface area contributed by atoms with E-state index in [9.17, 15) is 0 Å². The highest BCUT2D eigenvalue weighted by Gasteiger charge is 2.02. The van der Waals surface area contributed by atoms with Crippen molar-refractivity contribution < 1.29 is 0 Å². The SMILES string of the molecule is C#CCCn1cc(CNCC)c(C)n1. The van der Waals surface area contributed by atoms with E-state index in [2.05, 4.69) is 29.5 Å². The van der Waals surface area contributed by atoms with Gasteiger partial charge in [0.1, 0.15) is 0 Å². The fourth-order valence-corrected chi connectivity index (χ4v) is 1.29. The van der Waals surface area contributed by atoms with E-state index in [1.165, 1.54) is 5.56 Å². The molecule has 0 saturated carbocycles. The van der Waals surface area contributed by atoms with Crippen molar-refractivity contribution in [2.24, 2.45) is 0 Å². The maximum absolute atomic E-state index is 5.20. The summed E-state index contributed by atoms with van der Waals surface area (Å²) in [6.45, 7) is 6.80. The number of hydrogen-bond acceptors (Lipinski definition) is 2. The molecule has 76 valence electrons. The van der Waals surface area contributed by atoms with Crippen LogP contribution in [0.5, 0.6) is 0 Å². The minimum atomic E-state index is 0.738. The number of rotatable bonds is 5. The van der Waals surface area contributed by atoms with Crippen LogP contribution >= 0.6 is 0 Å². The first-order valence-electron chi connectivity index (χ1n) is 4.95. The monoisotopic (exact) mass is 191 g/mol. The molecule has 0 saturated heterocycles. The van der Waals surface area contributed by atoms with E-state index in [1.807, 2.05) is 11.6 Å². The van der Waals surface area contributed by atoms with Crippen molar-refractivity contribution >= 4 is 0 Å². The van der Waals surface area contributed by atoms with Crippen LogP contribution in [0.1, 0.15) is 24.6 Å². The second-order valence-corrected chi connectivity index (χ2v) is 3.24. The van der Waals surface area contributed by atoms with Crippen LogP contribution in [0.4, 0.5) is 0 Å². The molecule has 0 spiro atoms. The van der Waals surface area contributed by atoms with Crippen molar-refractivity contribution in [2.45, 2.75) is 33.4 Å². The van der Waals surface area contributed by atoms with Gasteiger partial charge in [0.15, 0.2) is 0 Å². The zero-order valence-electron chi connectivity index (χ0n) is 8.88. The van der Waals surface area contributed by atoms with Crippen LogP contribution in [-0.4, -0.2) is 16.3 Å². The van der Waals surface area contributed by atoms with Crippen LogP contribution in [0.25, 0.3) is 0 Å². The summed E-state index contributed by atoms with van der Waals surface area (Å²) < 4.78 is 1.92. The zero-order chi connectivity index (χ0) is 10.4. The van der Waals surface area contributed by atoms with Gasteiger partial charge in [-0.25, -0.2) is 0 Å². The van der Waals surface area contributed by atoms with E-state index in [-0.39, 0.29) is 0 Å². The van der Waals surface area contributed by atoms with Crippen molar-refractivity contribution in [3.05, 3.63) is 17.5 Å². The van der Waals surface area contributed by atoms with Gasteiger partial charge in [-0.1, -0.05) is 6.92 Å². The van der Waals surface area contributed by atoms with Crippen LogP contribution in [0, 0.1) is 19.3 Å². The van der Waals surface area contributed by atoms with Crippen molar-refractivity contribution in [3.63, 3.8) is 0 Å². The van der Waals surface area contributed by atoms with Gasteiger partial charge in [-0.3, -0.25) is 4.68 Å². The van der Waals surface area contributed by atoms with Gasteiger partial charge in [-0.15, -0.1) is 12.3 Å². The lowest BCUT2D eigenvalue weighted by Crippen LogP contribution is -2.11. The highest BCUT2D eigenvalue weighted by Crippen LogP contribution is 2.05. The van der Waals surface area contributed by atoms with E-state index >= 15 is 0 Å². The topological polar surface area (TPSA) is 29.9 Å². The molecular formula is C11H17N3. The van der Waals surface area contributed by atoms with E-state index in [4.69, 9.17) is 6.42 Å². The quantitative estimate of drug-likeness (QED) is 0.711. The second kappa shape index (κ2) is 5.46. The molecule has 0 bridgehead atoms. The Balaban J connectivity index is 2.58. The number of nitrogens with zero attached hydrogens (tertiary/aromatic N) is 2. The van der Waals surface area contributed by atoms with Gasteiger partial charge >= 0.3 is 0 Å². The molecule has 0 aromatic carbocycles. The lowest BCUT2D eigenvalue weighted by molar-refractivity contribution is 0.624. The van der Waals surface area contributed by atoms with Crippen LogP contribution in [0.15, 0.2) is 6.20 Å². The maximum atomic E-state index is 5.20. The third kappa shape index (κ3) is 2.90. The fraction of sp³-hybridized carbons (Fsp3) is 0.545. The summed E-state index contributed by atoms with van der Waals surface area (Å²) in [6, 6.07) is 0. The number of hydrogen-bond donors (Lipinski definition) is 1. The number of aryl methyl sites for hydroxylation is 2. The van der Waals surface area contributed by atoms with Gasteiger partial charge in [-0.05, 0) is 13.5 Å². The van der Waals surface area contributed by atoms with Crippen LogP contribution in [0.2, 0.25) is 0 Å². The fourth-order valence-electron chi connectivity index (χ4n) is 1.29. The molecule has 14 heavy (non-hydrogen) atoms. The standard InChI is InChI=1S/C11H17N3/c1-4-6-7-14-9-11(8-12-5-2)10(3)13-14/h1,9,12H,5-8H2,2-3H3. The molecule has 1 rings (SSSR count). The summed E-state index contributed by atoms with van der Waals surface area (Å²) in [5.41, 5.74) is 2.34. The van der Waals surface area contributed by atoms with Crippen molar-refractivity contribution in [1.82, 2.24) is 15.1 Å². The molecular weight excluding hydrogens is 174 g/mol. The Morgan fingerprint density at radius 1 is 1.64 bits per heavy atom. The second-order valence-electron chi connectivity index (χ2n) is 3.24. The van der Waals surface area contributed by atoms with Crippen molar-refractivity contribution in [2.75, 3.05) is 6.54 Å². The Hall–Kier alpha value is -1.27. The minimum absolute atomic E-state index is 0.738. The molecule has 1 aromatic rings. The average Bonchev–Trinajstić information content (AvgIpc) is 2.53. The molecule has 0 aliphatic carbocycles. The van der Waals surface area contributed by atoms with E-state index in [0.29, 0.717) is 0 Å². The first kappa shape index (κ1) is 10.8. The van der Waals surface area contributed by atoms with Gasteiger partial charge in [-0.2, -0.15) is 5.10 Å². The Bertz CT molecular complexity index is 320. The first-order valence-corrected chi connectivity index (χ1v) is 4.95. The Morgan fingerprint density at radius 3 is 3.07 bits per heavy atom. The number of nitrogens with one attached hydrogen (secondary N) is 1. The molecule has 0 unspecified atom stereocenters. The first-order chi connectivity index (χ1) is 6.77. The molecule has 1 aromatic heterocycles. The lowest BCUT2D eigenvalue weighted by Gasteiger charge is -1.97. The normalized spacial score (nSPS) is 10.1. The zero-order valence-corrected chi connectivity index (χ0v) is 8.88. The smallest absolute Gasteiger partial charge is 0.0638 e. The average molecular weight is 191 g/mol. The predicted molar refractivity (Wildman–Crippen MR) is 57.8 cm³/mol. The molecule has 0 aliphatic heterocycles. The van der Waals surface area contributed by atoms with Crippen molar-refractivity contribution in [3.8, 4) is 12.3 Å². The number of terminal acetylenes is 1. The lowest BCUT2D eigenvalue weighted by atomic mass is 10.2. The largest absolute Gasteiger partial charge is 0.313 e. The predicted octanol–water partition coefficient (Wildman–Crippen LogP) is 1.32. The maximum Gasteiger partial charge on any atom is 0.0638 e. The summed E-state index contributed by atoms with van der Waals surface area (Å²) in [7, 11) is 0. The summed E-state index contributed by atoms with van der Waals surface area (Å²) in [5.74, 6) is 2.61. The van der Waals surface area contributed by atoms with E-state index in [0.717, 1.165) is 31.7 Å². The molecule has 0 atom stereocenters. The molecule has 1 N–H and O–H groups in total. The number of aromatic nitrogens is 2.